The molecule has 1 aliphatic heterocycles. The van der Waals surface area contributed by atoms with Gasteiger partial charge in [-0.25, -0.2) is 4.98 Å². The first-order valence-electron chi connectivity index (χ1n) is 6.18. The molecule has 1 atom stereocenters. The molecule has 0 radical (unpaired) electrons. The zero-order chi connectivity index (χ0) is 13.1. The van der Waals surface area contributed by atoms with Gasteiger partial charge in [-0.2, -0.15) is 5.26 Å². The van der Waals surface area contributed by atoms with Crippen LogP contribution >= 0.6 is 0 Å². The Morgan fingerprint density at radius 2 is 2.33 bits per heavy atom. The van der Waals surface area contributed by atoms with E-state index in [0.717, 1.165) is 31.0 Å². The van der Waals surface area contributed by atoms with Crippen molar-refractivity contribution in [3.05, 3.63) is 23.4 Å². The Kier molecular flexibility index (Phi) is 3.80. The van der Waals surface area contributed by atoms with Gasteiger partial charge < -0.3 is 15.5 Å². The molecule has 2 N–H and O–H groups in total. The van der Waals surface area contributed by atoms with Crippen LogP contribution in [0.1, 0.15) is 11.1 Å². The van der Waals surface area contributed by atoms with Crippen molar-refractivity contribution < 1.29 is 0 Å². The Hall–Kier alpha value is -1.64. The van der Waals surface area contributed by atoms with Crippen LogP contribution in [0.15, 0.2) is 12.3 Å². The van der Waals surface area contributed by atoms with Crippen LogP contribution < -0.4 is 10.6 Å². The van der Waals surface area contributed by atoms with E-state index in [-0.39, 0.29) is 6.04 Å². The fourth-order valence-electron chi connectivity index (χ4n) is 2.39. The summed E-state index contributed by atoms with van der Waals surface area (Å²) in [6.07, 6.45) is 1.76. The topological polar surface area (TPSA) is 69.2 Å². The van der Waals surface area contributed by atoms with Crippen LogP contribution in [0.5, 0.6) is 0 Å². The maximum Gasteiger partial charge on any atom is 0.147 e. The monoisotopic (exact) mass is 245 g/mol. The van der Waals surface area contributed by atoms with Crippen molar-refractivity contribution in [3.63, 3.8) is 0 Å². The quantitative estimate of drug-likeness (QED) is 0.813. The van der Waals surface area contributed by atoms with Crippen LogP contribution in [-0.2, 0) is 0 Å². The van der Waals surface area contributed by atoms with E-state index in [2.05, 4.69) is 27.9 Å². The summed E-state index contributed by atoms with van der Waals surface area (Å²) < 4.78 is 0. The molecule has 1 aliphatic rings. The Balaban J connectivity index is 2.36. The summed E-state index contributed by atoms with van der Waals surface area (Å²) in [5.74, 6) is 0.779. The number of nitrogens with two attached hydrogens (primary N) is 1. The summed E-state index contributed by atoms with van der Waals surface area (Å²) in [7, 11) is 2.09. The van der Waals surface area contributed by atoms with Crippen molar-refractivity contribution in [2.45, 2.75) is 13.0 Å². The van der Waals surface area contributed by atoms with E-state index in [1.807, 2.05) is 13.0 Å². The maximum absolute atomic E-state index is 9.28. The largest absolute Gasteiger partial charge is 0.349 e. The van der Waals surface area contributed by atoms with Crippen molar-refractivity contribution in [2.75, 3.05) is 38.1 Å². The predicted molar refractivity (Wildman–Crippen MR) is 71.4 cm³/mol. The fourth-order valence-corrected chi connectivity index (χ4v) is 2.39. The molecule has 1 unspecified atom stereocenters. The molecular weight excluding hydrogens is 226 g/mol. The zero-order valence-electron chi connectivity index (χ0n) is 10.9. The van der Waals surface area contributed by atoms with Gasteiger partial charge in [0.15, 0.2) is 0 Å². The molecule has 1 fully saturated rings. The highest BCUT2D eigenvalue weighted by molar-refractivity contribution is 5.58. The van der Waals surface area contributed by atoms with Gasteiger partial charge in [0.25, 0.3) is 0 Å². The first-order chi connectivity index (χ1) is 8.67. The van der Waals surface area contributed by atoms with Crippen molar-refractivity contribution >= 4 is 5.82 Å². The normalized spacial score (nSPS) is 20.8. The first-order valence-corrected chi connectivity index (χ1v) is 6.18. The Morgan fingerprint density at radius 1 is 1.56 bits per heavy atom. The number of rotatable bonds is 2. The zero-order valence-corrected chi connectivity index (χ0v) is 10.9. The molecule has 2 heterocycles. The highest BCUT2D eigenvalue weighted by atomic mass is 15.3. The summed E-state index contributed by atoms with van der Waals surface area (Å²) in [4.78, 5) is 8.82. The number of hydrogen-bond donors (Lipinski definition) is 1. The SMILES string of the molecule is Cc1ccnc(N2CCN(C)CC2CN)c1C#N. The van der Waals surface area contributed by atoms with Gasteiger partial charge in [0.1, 0.15) is 11.9 Å². The second kappa shape index (κ2) is 5.34. The van der Waals surface area contributed by atoms with Crippen molar-refractivity contribution in [3.8, 4) is 6.07 Å². The fraction of sp³-hybridized carbons (Fsp3) is 0.538. The first kappa shape index (κ1) is 12.8. The number of likely N-dealkylation sites (N-methyl/N-ethyl adjacent to an activating group) is 1. The number of aryl methyl sites for hydroxylation is 1. The molecule has 5 nitrogen and oxygen atoms in total. The molecule has 0 bridgehead atoms. The molecule has 0 aliphatic carbocycles. The van der Waals surface area contributed by atoms with Crippen molar-refractivity contribution in [1.82, 2.24) is 9.88 Å². The minimum Gasteiger partial charge on any atom is -0.349 e. The molecule has 0 spiro atoms. The third-order valence-electron chi connectivity index (χ3n) is 3.48. The molecular formula is C13H19N5. The van der Waals surface area contributed by atoms with Crippen molar-refractivity contribution in [2.24, 2.45) is 5.73 Å². The Labute approximate surface area is 108 Å². The second-order valence-electron chi connectivity index (χ2n) is 4.78. The number of hydrogen-bond acceptors (Lipinski definition) is 5. The predicted octanol–water partition coefficient (Wildman–Crippen LogP) is 0.341. The highest BCUT2D eigenvalue weighted by Gasteiger charge is 2.27. The van der Waals surface area contributed by atoms with Gasteiger partial charge in [-0.1, -0.05) is 0 Å². The summed E-state index contributed by atoms with van der Waals surface area (Å²) in [6.45, 7) is 5.26. The molecule has 5 heteroatoms. The summed E-state index contributed by atoms with van der Waals surface area (Å²) in [6, 6.07) is 4.36. The van der Waals surface area contributed by atoms with Gasteiger partial charge in [-0.05, 0) is 25.6 Å². The standard InChI is InChI=1S/C13H19N5/c1-10-3-4-16-13(12(10)8-15)18-6-5-17(2)9-11(18)7-14/h3-4,11H,5-7,9,14H2,1-2H3. The van der Waals surface area contributed by atoms with Gasteiger partial charge in [0.05, 0.1) is 11.6 Å². The molecule has 0 amide bonds. The third-order valence-corrected chi connectivity index (χ3v) is 3.48. The van der Waals surface area contributed by atoms with Crippen LogP contribution in [0.4, 0.5) is 5.82 Å². The lowest BCUT2D eigenvalue weighted by Gasteiger charge is -2.40. The number of nitrogens with zero attached hydrogens (tertiary/aromatic N) is 4. The number of pyridine rings is 1. The van der Waals surface area contributed by atoms with Crippen molar-refractivity contribution in [1.29, 1.82) is 5.26 Å². The Morgan fingerprint density at radius 3 is 3.00 bits per heavy atom. The van der Waals surface area contributed by atoms with Crippen LogP contribution in [0.2, 0.25) is 0 Å². The molecule has 96 valence electrons. The minimum absolute atomic E-state index is 0.227. The van der Waals surface area contributed by atoms with E-state index in [1.54, 1.807) is 6.20 Å². The maximum atomic E-state index is 9.28. The lowest BCUT2D eigenvalue weighted by Crippen LogP contribution is -2.55. The van der Waals surface area contributed by atoms with Crippen LogP contribution in [-0.4, -0.2) is 49.2 Å². The van der Waals surface area contributed by atoms with Crippen LogP contribution in [0.25, 0.3) is 0 Å². The van der Waals surface area contributed by atoms with Crippen LogP contribution in [0.3, 0.4) is 0 Å². The lowest BCUT2D eigenvalue weighted by molar-refractivity contribution is 0.268. The van der Waals surface area contributed by atoms with Gasteiger partial charge in [0, 0.05) is 32.4 Å². The molecule has 0 aromatic carbocycles. The number of nitriles is 1. The van der Waals surface area contributed by atoms with E-state index in [4.69, 9.17) is 5.73 Å². The average Bonchev–Trinajstić information content (AvgIpc) is 2.38. The van der Waals surface area contributed by atoms with E-state index >= 15 is 0 Å². The van der Waals surface area contributed by atoms with E-state index < -0.39 is 0 Å². The van der Waals surface area contributed by atoms with E-state index in [9.17, 15) is 5.26 Å². The Bertz CT molecular complexity index is 465. The van der Waals surface area contributed by atoms with Crippen LogP contribution in [0, 0.1) is 18.3 Å². The second-order valence-corrected chi connectivity index (χ2v) is 4.78. The lowest BCUT2D eigenvalue weighted by atomic mass is 10.1. The summed E-state index contributed by atoms with van der Waals surface area (Å²) >= 11 is 0. The van der Waals surface area contributed by atoms with Gasteiger partial charge >= 0.3 is 0 Å². The number of aromatic nitrogens is 1. The van der Waals surface area contributed by atoms with Gasteiger partial charge in [-0.3, -0.25) is 0 Å². The highest BCUT2D eigenvalue weighted by Crippen LogP contribution is 2.23. The molecule has 1 saturated heterocycles. The molecule has 18 heavy (non-hydrogen) atoms. The van der Waals surface area contributed by atoms with E-state index in [1.165, 1.54) is 0 Å². The van der Waals surface area contributed by atoms with Gasteiger partial charge in [-0.15, -0.1) is 0 Å². The third kappa shape index (κ3) is 2.30. The molecule has 1 aromatic heterocycles. The van der Waals surface area contributed by atoms with Gasteiger partial charge in [0.2, 0.25) is 0 Å². The minimum atomic E-state index is 0.227. The number of piperazine rings is 1. The smallest absolute Gasteiger partial charge is 0.147 e. The van der Waals surface area contributed by atoms with E-state index in [0.29, 0.717) is 12.1 Å². The summed E-state index contributed by atoms with van der Waals surface area (Å²) in [5.41, 5.74) is 7.48. The molecule has 2 rings (SSSR count). The molecule has 1 aromatic rings. The number of anilines is 1. The average molecular weight is 245 g/mol. The molecule has 0 saturated carbocycles. The summed E-state index contributed by atoms with van der Waals surface area (Å²) in [5, 5.41) is 9.28.